The zero-order valence-electron chi connectivity index (χ0n) is 10.0. The van der Waals surface area contributed by atoms with Crippen LogP contribution < -0.4 is 5.32 Å². The highest BCUT2D eigenvalue weighted by atomic mass is 79.9. The lowest BCUT2D eigenvalue weighted by Gasteiger charge is -2.22. The molecule has 1 rings (SSSR count). The van der Waals surface area contributed by atoms with Gasteiger partial charge in [-0.05, 0) is 35.2 Å². The Morgan fingerprint density at radius 2 is 2.39 bits per heavy atom. The summed E-state index contributed by atoms with van der Waals surface area (Å²) in [5.74, 6) is 0.214. The van der Waals surface area contributed by atoms with Gasteiger partial charge in [-0.3, -0.25) is 4.79 Å². The van der Waals surface area contributed by atoms with Gasteiger partial charge in [0.05, 0.1) is 16.2 Å². The number of aliphatic hydroxyl groups is 1. The summed E-state index contributed by atoms with van der Waals surface area (Å²) in [5, 5.41) is 12.9. The standard InChI is InChI=1S/C11H14BrClN2O2S/c1-11(17,6-18-2)5-15-10(16)7-3-9(12)14-4-8(7)13/h3-4,17H,5-6H2,1-2H3,(H,15,16). The molecule has 4 nitrogen and oxygen atoms in total. The highest BCUT2D eigenvalue weighted by Crippen LogP contribution is 2.18. The fourth-order valence-corrected chi connectivity index (χ4v) is 2.56. The molecule has 1 aromatic rings. The fraction of sp³-hybridized carbons (Fsp3) is 0.455. The first-order chi connectivity index (χ1) is 8.35. The number of thioether (sulfide) groups is 1. The molecule has 1 unspecified atom stereocenters. The third kappa shape index (κ3) is 4.76. The van der Waals surface area contributed by atoms with Crippen LogP contribution in [0.25, 0.3) is 0 Å². The Morgan fingerprint density at radius 3 is 3.00 bits per heavy atom. The molecule has 1 aromatic heterocycles. The normalized spacial score (nSPS) is 14.1. The Hall–Kier alpha value is -0.300. The molecule has 0 spiro atoms. The lowest BCUT2D eigenvalue weighted by Crippen LogP contribution is -2.42. The highest BCUT2D eigenvalue weighted by Gasteiger charge is 2.21. The van der Waals surface area contributed by atoms with Crippen LogP contribution in [-0.4, -0.2) is 40.2 Å². The molecule has 0 aliphatic carbocycles. The van der Waals surface area contributed by atoms with E-state index in [1.54, 1.807) is 13.0 Å². The zero-order valence-corrected chi connectivity index (χ0v) is 13.2. The summed E-state index contributed by atoms with van der Waals surface area (Å²) in [6.07, 6.45) is 3.30. The van der Waals surface area contributed by atoms with Gasteiger partial charge in [0.1, 0.15) is 4.60 Å². The van der Waals surface area contributed by atoms with E-state index >= 15 is 0 Å². The van der Waals surface area contributed by atoms with Gasteiger partial charge in [-0.2, -0.15) is 11.8 Å². The lowest BCUT2D eigenvalue weighted by atomic mass is 10.1. The Bertz CT molecular complexity index is 443. The number of carbonyl (C=O) groups excluding carboxylic acids is 1. The Balaban J connectivity index is 2.69. The first-order valence-electron chi connectivity index (χ1n) is 5.16. The van der Waals surface area contributed by atoms with Gasteiger partial charge in [-0.15, -0.1) is 0 Å². The molecule has 1 amide bonds. The Kier molecular flexibility index (Phi) is 5.91. The number of halogens is 2. The number of rotatable bonds is 5. The van der Waals surface area contributed by atoms with Gasteiger partial charge in [0.25, 0.3) is 5.91 Å². The van der Waals surface area contributed by atoms with E-state index in [4.69, 9.17) is 11.6 Å². The third-order valence-corrected chi connectivity index (χ3v) is 3.80. The first kappa shape index (κ1) is 15.8. The number of carbonyl (C=O) groups is 1. The molecule has 2 N–H and O–H groups in total. The maximum atomic E-state index is 11.9. The second-order valence-electron chi connectivity index (χ2n) is 4.10. The van der Waals surface area contributed by atoms with Gasteiger partial charge in [-0.25, -0.2) is 4.98 Å². The van der Waals surface area contributed by atoms with Crippen LogP contribution in [0.1, 0.15) is 17.3 Å². The van der Waals surface area contributed by atoms with E-state index < -0.39 is 5.60 Å². The predicted molar refractivity (Wildman–Crippen MR) is 78.3 cm³/mol. The van der Waals surface area contributed by atoms with E-state index in [9.17, 15) is 9.90 Å². The van der Waals surface area contributed by atoms with Crippen molar-refractivity contribution >= 4 is 45.2 Å². The number of hydrogen-bond acceptors (Lipinski definition) is 4. The summed E-state index contributed by atoms with van der Waals surface area (Å²) in [4.78, 5) is 15.8. The molecule has 0 fully saturated rings. The molecule has 0 aromatic carbocycles. The van der Waals surface area contributed by atoms with Crippen molar-refractivity contribution in [2.45, 2.75) is 12.5 Å². The highest BCUT2D eigenvalue weighted by molar-refractivity contribution is 9.10. The molecular formula is C11H14BrClN2O2S. The Morgan fingerprint density at radius 1 is 1.72 bits per heavy atom. The van der Waals surface area contributed by atoms with Gasteiger partial charge in [0.15, 0.2) is 0 Å². The number of hydrogen-bond donors (Lipinski definition) is 2. The maximum Gasteiger partial charge on any atom is 0.253 e. The van der Waals surface area contributed by atoms with E-state index in [2.05, 4.69) is 26.2 Å². The second-order valence-corrected chi connectivity index (χ2v) is 6.19. The minimum absolute atomic E-state index is 0.170. The molecule has 1 heterocycles. The van der Waals surface area contributed by atoms with Crippen molar-refractivity contribution in [2.75, 3.05) is 18.6 Å². The molecular weight excluding hydrogens is 340 g/mol. The van der Waals surface area contributed by atoms with Crippen molar-refractivity contribution in [2.24, 2.45) is 0 Å². The van der Waals surface area contributed by atoms with Crippen LogP contribution in [0.4, 0.5) is 0 Å². The number of amides is 1. The Labute approximate surface area is 124 Å². The zero-order chi connectivity index (χ0) is 13.8. The first-order valence-corrected chi connectivity index (χ1v) is 7.73. The molecule has 100 valence electrons. The van der Waals surface area contributed by atoms with Crippen molar-refractivity contribution < 1.29 is 9.90 Å². The van der Waals surface area contributed by atoms with Crippen molar-refractivity contribution in [3.8, 4) is 0 Å². The maximum absolute atomic E-state index is 11.9. The van der Waals surface area contributed by atoms with Crippen LogP contribution >= 0.6 is 39.3 Å². The molecule has 7 heteroatoms. The van der Waals surface area contributed by atoms with E-state index in [0.29, 0.717) is 15.9 Å². The molecule has 18 heavy (non-hydrogen) atoms. The number of aromatic nitrogens is 1. The van der Waals surface area contributed by atoms with Gasteiger partial charge >= 0.3 is 0 Å². The van der Waals surface area contributed by atoms with E-state index in [1.165, 1.54) is 18.0 Å². The molecule has 0 saturated heterocycles. The van der Waals surface area contributed by atoms with Gasteiger partial charge in [-0.1, -0.05) is 11.6 Å². The van der Waals surface area contributed by atoms with Crippen molar-refractivity contribution in [1.82, 2.24) is 10.3 Å². The SMILES string of the molecule is CSCC(C)(O)CNC(=O)c1cc(Br)ncc1Cl. The summed E-state index contributed by atoms with van der Waals surface area (Å²) in [7, 11) is 0. The minimum Gasteiger partial charge on any atom is -0.387 e. The molecule has 0 saturated carbocycles. The van der Waals surface area contributed by atoms with Crippen LogP contribution in [0, 0.1) is 0 Å². The summed E-state index contributed by atoms with van der Waals surface area (Å²) >= 11 is 10.6. The van der Waals surface area contributed by atoms with Gasteiger partial charge < -0.3 is 10.4 Å². The predicted octanol–water partition coefficient (Wildman–Crippen LogP) is 2.34. The summed E-state index contributed by atoms with van der Waals surface area (Å²) in [6, 6.07) is 1.54. The van der Waals surface area contributed by atoms with Crippen molar-refractivity contribution in [1.29, 1.82) is 0 Å². The topological polar surface area (TPSA) is 62.2 Å². The quantitative estimate of drug-likeness (QED) is 0.798. The average Bonchev–Trinajstić information content (AvgIpc) is 2.29. The number of nitrogens with one attached hydrogen (secondary N) is 1. The van der Waals surface area contributed by atoms with E-state index in [1.807, 2.05) is 6.26 Å². The molecule has 0 aliphatic rings. The number of nitrogens with zero attached hydrogens (tertiary/aromatic N) is 1. The second kappa shape index (κ2) is 6.75. The summed E-state index contributed by atoms with van der Waals surface area (Å²) in [6.45, 7) is 1.84. The van der Waals surface area contributed by atoms with Crippen LogP contribution in [0.5, 0.6) is 0 Å². The van der Waals surface area contributed by atoms with Crippen LogP contribution in [0.15, 0.2) is 16.9 Å². The minimum atomic E-state index is -0.939. The smallest absolute Gasteiger partial charge is 0.253 e. The monoisotopic (exact) mass is 352 g/mol. The van der Waals surface area contributed by atoms with Gasteiger partial charge in [0.2, 0.25) is 0 Å². The average molecular weight is 354 g/mol. The molecule has 0 aliphatic heterocycles. The third-order valence-electron chi connectivity index (χ3n) is 2.15. The van der Waals surface area contributed by atoms with Crippen molar-refractivity contribution in [3.63, 3.8) is 0 Å². The lowest BCUT2D eigenvalue weighted by molar-refractivity contribution is 0.0725. The number of pyridine rings is 1. The molecule has 0 radical (unpaired) electrons. The fourth-order valence-electron chi connectivity index (χ4n) is 1.32. The van der Waals surface area contributed by atoms with Crippen LogP contribution in [-0.2, 0) is 0 Å². The molecule has 1 atom stereocenters. The summed E-state index contributed by atoms with van der Waals surface area (Å²) in [5.41, 5.74) is -0.607. The summed E-state index contributed by atoms with van der Waals surface area (Å²) < 4.78 is 0.535. The van der Waals surface area contributed by atoms with Crippen LogP contribution in [0.3, 0.4) is 0 Å². The van der Waals surface area contributed by atoms with Crippen LogP contribution in [0.2, 0.25) is 5.02 Å². The molecule has 0 bridgehead atoms. The largest absolute Gasteiger partial charge is 0.387 e. The van der Waals surface area contributed by atoms with E-state index in [-0.39, 0.29) is 17.5 Å². The van der Waals surface area contributed by atoms with Gasteiger partial charge in [0, 0.05) is 18.5 Å². The van der Waals surface area contributed by atoms with E-state index in [0.717, 1.165) is 0 Å². The van der Waals surface area contributed by atoms with Crippen molar-refractivity contribution in [3.05, 3.63) is 27.5 Å².